The molecule has 10 nitrogen and oxygen atoms in total. The smallest absolute Gasteiger partial charge is 0.346 e. The van der Waals surface area contributed by atoms with Crippen molar-refractivity contribution in [3.63, 3.8) is 0 Å². The SMILES string of the molecule is COc1cc(C(=O)O[C@@H](C)C(=O)NCc2ccco2)c([N+](=O)[O-])cc1OC. The molecule has 0 radical (unpaired) electrons. The van der Waals surface area contributed by atoms with Gasteiger partial charge in [0.05, 0.1) is 38.0 Å². The van der Waals surface area contributed by atoms with Crippen LogP contribution in [0.15, 0.2) is 34.9 Å². The van der Waals surface area contributed by atoms with Crippen LogP contribution in [0.3, 0.4) is 0 Å². The van der Waals surface area contributed by atoms with Crippen molar-refractivity contribution in [2.24, 2.45) is 0 Å². The summed E-state index contributed by atoms with van der Waals surface area (Å²) in [4.78, 5) is 34.9. The van der Waals surface area contributed by atoms with Gasteiger partial charge in [0, 0.05) is 6.07 Å². The first-order valence-electron chi connectivity index (χ1n) is 7.78. The number of nitro groups is 1. The minimum absolute atomic E-state index is 0.0880. The number of nitro benzene ring substituents is 1. The molecule has 1 atom stereocenters. The van der Waals surface area contributed by atoms with E-state index in [1.165, 1.54) is 27.4 Å². The molecule has 1 aromatic heterocycles. The van der Waals surface area contributed by atoms with E-state index in [1.807, 2.05) is 0 Å². The third-order valence-electron chi connectivity index (χ3n) is 3.59. The second-order valence-electron chi connectivity index (χ2n) is 5.33. The van der Waals surface area contributed by atoms with Crippen LogP contribution in [0.1, 0.15) is 23.0 Å². The van der Waals surface area contributed by atoms with E-state index in [0.717, 1.165) is 12.1 Å². The average molecular weight is 378 g/mol. The normalized spacial score (nSPS) is 11.4. The fourth-order valence-corrected chi connectivity index (χ4v) is 2.19. The fourth-order valence-electron chi connectivity index (χ4n) is 2.19. The lowest BCUT2D eigenvalue weighted by Gasteiger charge is -2.14. The van der Waals surface area contributed by atoms with Gasteiger partial charge in [-0.3, -0.25) is 14.9 Å². The first kappa shape index (κ1) is 19.8. The monoisotopic (exact) mass is 378 g/mol. The largest absolute Gasteiger partial charge is 0.493 e. The lowest BCUT2D eigenvalue weighted by Crippen LogP contribution is -2.35. The van der Waals surface area contributed by atoms with Crippen molar-refractivity contribution in [3.8, 4) is 11.5 Å². The highest BCUT2D eigenvalue weighted by Gasteiger charge is 2.28. The van der Waals surface area contributed by atoms with Gasteiger partial charge in [-0.15, -0.1) is 0 Å². The van der Waals surface area contributed by atoms with Gasteiger partial charge in [-0.2, -0.15) is 0 Å². The van der Waals surface area contributed by atoms with E-state index in [2.05, 4.69) is 5.32 Å². The fraction of sp³-hybridized carbons (Fsp3) is 0.294. The van der Waals surface area contributed by atoms with Crippen molar-refractivity contribution >= 4 is 17.6 Å². The Balaban J connectivity index is 2.13. The van der Waals surface area contributed by atoms with Gasteiger partial charge in [-0.05, 0) is 19.1 Å². The minimum atomic E-state index is -1.18. The van der Waals surface area contributed by atoms with Crippen LogP contribution in [0.5, 0.6) is 11.5 Å². The maximum atomic E-state index is 12.4. The predicted molar refractivity (Wildman–Crippen MR) is 91.6 cm³/mol. The van der Waals surface area contributed by atoms with Crippen LogP contribution in [-0.2, 0) is 16.1 Å². The molecule has 0 spiro atoms. The van der Waals surface area contributed by atoms with Crippen molar-refractivity contribution in [2.75, 3.05) is 14.2 Å². The number of hydrogen-bond donors (Lipinski definition) is 1. The van der Waals surface area contributed by atoms with Gasteiger partial charge >= 0.3 is 5.97 Å². The van der Waals surface area contributed by atoms with E-state index in [4.69, 9.17) is 18.6 Å². The summed E-state index contributed by atoms with van der Waals surface area (Å²) in [5.41, 5.74) is -0.885. The van der Waals surface area contributed by atoms with Gasteiger partial charge in [0.25, 0.3) is 11.6 Å². The van der Waals surface area contributed by atoms with E-state index in [9.17, 15) is 19.7 Å². The Morgan fingerprint density at radius 1 is 1.26 bits per heavy atom. The molecule has 0 unspecified atom stereocenters. The van der Waals surface area contributed by atoms with E-state index < -0.39 is 28.6 Å². The van der Waals surface area contributed by atoms with Crippen LogP contribution in [0.25, 0.3) is 0 Å². The van der Waals surface area contributed by atoms with E-state index >= 15 is 0 Å². The van der Waals surface area contributed by atoms with Gasteiger partial charge in [-0.25, -0.2) is 4.79 Å². The third kappa shape index (κ3) is 4.75. The Morgan fingerprint density at radius 2 is 1.93 bits per heavy atom. The number of carbonyl (C=O) groups is 2. The van der Waals surface area contributed by atoms with Crippen LogP contribution in [0.2, 0.25) is 0 Å². The summed E-state index contributed by atoms with van der Waals surface area (Å²) < 4.78 is 20.2. The zero-order valence-corrected chi connectivity index (χ0v) is 14.9. The summed E-state index contributed by atoms with van der Waals surface area (Å²) in [7, 11) is 2.63. The third-order valence-corrected chi connectivity index (χ3v) is 3.59. The molecule has 2 aromatic rings. The highest BCUT2D eigenvalue weighted by molar-refractivity contribution is 5.96. The standard InChI is InChI=1S/C17H18N2O8/c1-10(16(20)18-9-11-5-4-6-26-11)27-17(21)12-7-14(24-2)15(25-3)8-13(12)19(22)23/h4-8,10H,9H2,1-3H3,(H,18,20)/t10-/m0/s1. The molecule has 2 rings (SSSR count). The number of methoxy groups -OCH3 is 2. The number of ether oxygens (including phenoxy) is 3. The number of esters is 1. The Labute approximate surface area is 154 Å². The van der Waals surface area contributed by atoms with Gasteiger partial charge < -0.3 is 23.9 Å². The number of nitrogens with zero attached hydrogens (tertiary/aromatic N) is 1. The molecular formula is C17H18N2O8. The van der Waals surface area contributed by atoms with Gasteiger partial charge in [0.15, 0.2) is 17.6 Å². The first-order chi connectivity index (χ1) is 12.9. The summed E-state index contributed by atoms with van der Waals surface area (Å²) in [6, 6.07) is 5.52. The zero-order valence-electron chi connectivity index (χ0n) is 14.9. The first-order valence-corrected chi connectivity index (χ1v) is 7.78. The molecule has 1 aromatic carbocycles. The number of hydrogen-bond acceptors (Lipinski definition) is 8. The summed E-state index contributed by atoms with van der Waals surface area (Å²) in [6.07, 6.45) is 0.279. The summed E-state index contributed by atoms with van der Waals surface area (Å²) in [5, 5.41) is 13.8. The molecule has 0 aliphatic rings. The number of carbonyl (C=O) groups excluding carboxylic acids is 2. The number of nitrogens with one attached hydrogen (secondary N) is 1. The lowest BCUT2D eigenvalue weighted by molar-refractivity contribution is -0.385. The number of furan rings is 1. The highest BCUT2D eigenvalue weighted by atomic mass is 16.6. The molecule has 0 bridgehead atoms. The second kappa shape index (κ2) is 8.70. The molecule has 10 heteroatoms. The quantitative estimate of drug-likeness (QED) is 0.420. The van der Waals surface area contributed by atoms with Crippen molar-refractivity contribution in [1.82, 2.24) is 5.32 Å². The van der Waals surface area contributed by atoms with Crippen LogP contribution < -0.4 is 14.8 Å². The molecule has 0 saturated carbocycles. The topological polar surface area (TPSA) is 130 Å². The average Bonchev–Trinajstić information content (AvgIpc) is 3.18. The Bertz CT molecular complexity index is 832. The molecule has 1 amide bonds. The minimum Gasteiger partial charge on any atom is -0.493 e. The van der Waals surface area contributed by atoms with Gasteiger partial charge in [0.2, 0.25) is 0 Å². The molecule has 1 heterocycles. The van der Waals surface area contributed by atoms with Crippen molar-refractivity contribution < 1.29 is 33.1 Å². The van der Waals surface area contributed by atoms with Crippen molar-refractivity contribution in [1.29, 1.82) is 0 Å². The van der Waals surface area contributed by atoms with E-state index in [-0.39, 0.29) is 23.6 Å². The van der Waals surface area contributed by atoms with Crippen LogP contribution in [0.4, 0.5) is 5.69 Å². The molecule has 1 N–H and O–H groups in total. The van der Waals surface area contributed by atoms with Gasteiger partial charge in [0.1, 0.15) is 11.3 Å². The van der Waals surface area contributed by atoms with Crippen LogP contribution >= 0.6 is 0 Å². The highest BCUT2D eigenvalue weighted by Crippen LogP contribution is 2.34. The maximum absolute atomic E-state index is 12.4. The Morgan fingerprint density at radius 3 is 2.48 bits per heavy atom. The lowest BCUT2D eigenvalue weighted by atomic mass is 10.1. The number of rotatable bonds is 8. The summed E-state index contributed by atoms with van der Waals surface area (Å²) >= 11 is 0. The second-order valence-corrected chi connectivity index (χ2v) is 5.33. The number of benzene rings is 1. The molecule has 144 valence electrons. The molecular weight excluding hydrogens is 360 g/mol. The zero-order chi connectivity index (χ0) is 20.0. The Hall–Kier alpha value is -3.56. The Kier molecular flexibility index (Phi) is 6.36. The molecule has 0 saturated heterocycles. The van der Waals surface area contributed by atoms with Crippen molar-refractivity contribution in [3.05, 3.63) is 52.0 Å². The molecule has 0 aliphatic heterocycles. The van der Waals surface area contributed by atoms with Crippen LogP contribution in [0, 0.1) is 10.1 Å². The van der Waals surface area contributed by atoms with Crippen molar-refractivity contribution in [2.45, 2.75) is 19.6 Å². The van der Waals surface area contributed by atoms with E-state index in [1.54, 1.807) is 12.1 Å². The molecule has 0 fully saturated rings. The molecule has 0 aliphatic carbocycles. The van der Waals surface area contributed by atoms with Crippen LogP contribution in [-0.4, -0.2) is 37.1 Å². The van der Waals surface area contributed by atoms with Gasteiger partial charge in [-0.1, -0.05) is 0 Å². The summed E-state index contributed by atoms with van der Waals surface area (Å²) in [5.74, 6) is -0.890. The summed E-state index contributed by atoms with van der Waals surface area (Å²) in [6.45, 7) is 1.46. The maximum Gasteiger partial charge on any atom is 0.346 e. The van der Waals surface area contributed by atoms with E-state index in [0.29, 0.717) is 5.76 Å². The molecule has 27 heavy (non-hydrogen) atoms. The number of amides is 1. The predicted octanol–water partition coefficient (Wildman–Crippen LogP) is 2.07.